The molecule has 1 spiro atoms. The predicted octanol–water partition coefficient (Wildman–Crippen LogP) is 3.61. The summed E-state index contributed by atoms with van der Waals surface area (Å²) in [6.45, 7) is 4.95. The normalized spacial score (nSPS) is 20.4. The molecule has 0 radical (unpaired) electrons. The maximum atomic E-state index is 13.9. The molecular weight excluding hydrogens is 537 g/mol. The van der Waals surface area contributed by atoms with E-state index in [4.69, 9.17) is 9.72 Å². The van der Waals surface area contributed by atoms with Crippen LogP contribution in [0.15, 0.2) is 47.4 Å². The van der Waals surface area contributed by atoms with Gasteiger partial charge >= 0.3 is 6.18 Å². The number of fused-ring (bicyclic) bond motifs is 2. The molecule has 216 valence electrons. The number of rotatable bonds is 5. The third-order valence-corrected chi connectivity index (χ3v) is 8.45. The number of pyridine rings is 3. The van der Waals surface area contributed by atoms with Crippen molar-refractivity contribution in [3.8, 4) is 17.1 Å². The van der Waals surface area contributed by atoms with Crippen LogP contribution in [0.25, 0.3) is 11.3 Å². The average molecular weight is 569 g/mol. The summed E-state index contributed by atoms with van der Waals surface area (Å²) in [5.41, 5.74) is 0.135. The first-order chi connectivity index (χ1) is 19.7. The monoisotopic (exact) mass is 568 g/mol. The lowest BCUT2D eigenvalue weighted by atomic mass is 9.69. The molecule has 2 N–H and O–H groups in total. The number of alkyl halides is 3. The highest BCUT2D eigenvalue weighted by Gasteiger charge is 2.48. The molecule has 3 aromatic rings. The first-order valence-corrected chi connectivity index (χ1v) is 13.9. The van der Waals surface area contributed by atoms with Gasteiger partial charge in [-0.15, -0.1) is 0 Å². The minimum atomic E-state index is -4.69. The standard InChI is InChI=1S/C29H31F3N6O3/c1-2-41-26-19(4-3-12-34-26)21-6-5-20-24(35-21)27(40)38(18-9-13-33-16-18)17-28(20)10-14-37(15-11-28)22-7-8-23(39)36-25(22)29(30,31)32/h3-8,12,18,33H,2,9-11,13-17H2,1H3,(H,36,39). The second-order valence-electron chi connectivity index (χ2n) is 10.8. The SMILES string of the molecule is CCOc1ncccc1-c1ccc2c(n1)C(=O)N(C1CCNC1)CC21CCN(c2ccc(=O)[nH]c2C(F)(F)F)CC1. The fraction of sp³-hybridized carbons (Fsp3) is 0.448. The summed E-state index contributed by atoms with van der Waals surface area (Å²) in [5.74, 6) is 0.303. The Hall–Kier alpha value is -3.93. The van der Waals surface area contributed by atoms with E-state index < -0.39 is 22.8 Å². The van der Waals surface area contributed by atoms with Crippen LogP contribution in [0.3, 0.4) is 0 Å². The average Bonchev–Trinajstić information content (AvgIpc) is 3.50. The summed E-state index contributed by atoms with van der Waals surface area (Å²) < 4.78 is 47.1. The van der Waals surface area contributed by atoms with Crippen molar-refractivity contribution in [1.82, 2.24) is 25.2 Å². The van der Waals surface area contributed by atoms with E-state index in [-0.39, 0.29) is 17.6 Å². The number of anilines is 1. The summed E-state index contributed by atoms with van der Waals surface area (Å²) in [6, 6.07) is 9.85. The van der Waals surface area contributed by atoms with Crippen molar-refractivity contribution in [3.63, 3.8) is 0 Å². The van der Waals surface area contributed by atoms with Crippen LogP contribution < -0.4 is 20.5 Å². The van der Waals surface area contributed by atoms with Gasteiger partial charge in [0, 0.05) is 49.9 Å². The van der Waals surface area contributed by atoms with Gasteiger partial charge in [0.15, 0.2) is 0 Å². The van der Waals surface area contributed by atoms with Crippen LogP contribution in [0.2, 0.25) is 0 Å². The lowest BCUT2D eigenvalue weighted by Gasteiger charge is -2.49. The van der Waals surface area contributed by atoms with Crippen LogP contribution in [0.4, 0.5) is 18.9 Å². The predicted molar refractivity (Wildman–Crippen MR) is 146 cm³/mol. The number of nitrogens with zero attached hydrogens (tertiary/aromatic N) is 4. The number of ether oxygens (including phenoxy) is 1. The van der Waals surface area contributed by atoms with Crippen molar-refractivity contribution in [1.29, 1.82) is 0 Å². The van der Waals surface area contributed by atoms with E-state index in [9.17, 15) is 22.8 Å². The van der Waals surface area contributed by atoms with E-state index in [1.165, 1.54) is 6.07 Å². The molecule has 1 amide bonds. The Labute approximate surface area is 234 Å². The van der Waals surface area contributed by atoms with Gasteiger partial charge in [-0.3, -0.25) is 9.59 Å². The van der Waals surface area contributed by atoms with Crippen LogP contribution in [0.5, 0.6) is 5.88 Å². The Morgan fingerprint density at radius 1 is 1.12 bits per heavy atom. The van der Waals surface area contributed by atoms with E-state index in [0.717, 1.165) is 24.6 Å². The van der Waals surface area contributed by atoms with Crippen molar-refractivity contribution in [2.24, 2.45) is 0 Å². The van der Waals surface area contributed by atoms with Crippen LogP contribution >= 0.6 is 0 Å². The molecule has 1 unspecified atom stereocenters. The van der Waals surface area contributed by atoms with Gasteiger partial charge in [0.25, 0.3) is 5.91 Å². The van der Waals surface area contributed by atoms with Gasteiger partial charge in [-0.25, -0.2) is 9.97 Å². The van der Waals surface area contributed by atoms with Gasteiger partial charge in [-0.1, -0.05) is 6.07 Å². The number of aromatic nitrogens is 3. The summed E-state index contributed by atoms with van der Waals surface area (Å²) in [6.07, 6.45) is -1.17. The van der Waals surface area contributed by atoms with Gasteiger partial charge in [-0.05, 0) is 62.6 Å². The van der Waals surface area contributed by atoms with Crippen molar-refractivity contribution >= 4 is 11.6 Å². The molecule has 3 aromatic heterocycles. The number of halogens is 3. The lowest BCUT2D eigenvalue weighted by molar-refractivity contribution is -0.140. The van der Waals surface area contributed by atoms with E-state index in [2.05, 4.69) is 10.3 Å². The summed E-state index contributed by atoms with van der Waals surface area (Å²) in [5, 5.41) is 3.33. The molecule has 0 saturated carbocycles. The second-order valence-corrected chi connectivity index (χ2v) is 10.8. The molecule has 0 aromatic carbocycles. The van der Waals surface area contributed by atoms with Crippen LogP contribution in [-0.4, -0.2) is 71.1 Å². The van der Waals surface area contributed by atoms with Gasteiger partial charge in [0.05, 0.1) is 23.6 Å². The minimum Gasteiger partial charge on any atom is -0.477 e. The van der Waals surface area contributed by atoms with Gasteiger partial charge in [0.1, 0.15) is 11.4 Å². The number of carbonyl (C=O) groups excluding carboxylic acids is 1. The molecule has 41 heavy (non-hydrogen) atoms. The van der Waals surface area contributed by atoms with E-state index in [1.54, 1.807) is 17.2 Å². The Morgan fingerprint density at radius 2 is 1.93 bits per heavy atom. The minimum absolute atomic E-state index is 0.0180. The van der Waals surface area contributed by atoms with Crippen LogP contribution in [0.1, 0.15) is 47.9 Å². The third-order valence-electron chi connectivity index (χ3n) is 8.45. The smallest absolute Gasteiger partial charge is 0.433 e. The first-order valence-electron chi connectivity index (χ1n) is 13.9. The molecule has 3 aliphatic heterocycles. The second kappa shape index (κ2) is 10.5. The molecule has 6 rings (SSSR count). The van der Waals surface area contributed by atoms with Crippen molar-refractivity contribution in [2.45, 2.75) is 43.8 Å². The fourth-order valence-corrected chi connectivity index (χ4v) is 6.41. The molecule has 1 atom stereocenters. The zero-order valence-corrected chi connectivity index (χ0v) is 22.6. The molecule has 0 bridgehead atoms. The largest absolute Gasteiger partial charge is 0.477 e. The van der Waals surface area contributed by atoms with Crippen LogP contribution in [0, 0.1) is 0 Å². The molecule has 2 fully saturated rings. The van der Waals surface area contributed by atoms with E-state index in [1.807, 2.05) is 35.0 Å². The van der Waals surface area contributed by atoms with Crippen molar-refractivity contribution < 1.29 is 22.7 Å². The van der Waals surface area contributed by atoms with Gasteiger partial charge in [-0.2, -0.15) is 13.2 Å². The molecule has 6 heterocycles. The Kier molecular flexibility index (Phi) is 6.96. The van der Waals surface area contributed by atoms with Crippen LogP contribution in [-0.2, 0) is 11.6 Å². The fourth-order valence-electron chi connectivity index (χ4n) is 6.41. The molecule has 0 aliphatic carbocycles. The highest BCUT2D eigenvalue weighted by molar-refractivity contribution is 5.96. The zero-order valence-electron chi connectivity index (χ0n) is 22.6. The number of H-pyrrole nitrogens is 1. The Balaban J connectivity index is 1.38. The number of piperidine rings is 1. The number of amides is 1. The lowest BCUT2D eigenvalue weighted by Crippen LogP contribution is -2.57. The molecule has 3 aliphatic rings. The topological polar surface area (TPSA) is 103 Å². The third kappa shape index (κ3) is 4.94. The highest BCUT2D eigenvalue weighted by Crippen LogP contribution is 2.45. The molecule has 2 saturated heterocycles. The number of hydrogen-bond acceptors (Lipinski definition) is 7. The number of nitrogens with one attached hydrogen (secondary N) is 2. The summed E-state index contributed by atoms with van der Waals surface area (Å²) in [4.78, 5) is 40.4. The van der Waals surface area contributed by atoms with E-state index in [0.29, 0.717) is 68.5 Å². The van der Waals surface area contributed by atoms with E-state index >= 15 is 0 Å². The maximum Gasteiger partial charge on any atom is 0.433 e. The quantitative estimate of drug-likeness (QED) is 0.485. The maximum absolute atomic E-state index is 13.9. The van der Waals surface area contributed by atoms with Gasteiger partial charge in [0.2, 0.25) is 11.4 Å². The zero-order chi connectivity index (χ0) is 28.8. The highest BCUT2D eigenvalue weighted by atomic mass is 19.4. The first kappa shape index (κ1) is 27.3. The number of carbonyl (C=O) groups is 1. The van der Waals surface area contributed by atoms with Crippen molar-refractivity contribution in [2.75, 3.05) is 44.2 Å². The summed E-state index contributed by atoms with van der Waals surface area (Å²) in [7, 11) is 0. The Bertz CT molecular complexity index is 1510. The molecule has 9 nitrogen and oxygen atoms in total. The Morgan fingerprint density at radius 3 is 2.63 bits per heavy atom. The molecule has 12 heteroatoms. The number of hydrogen-bond donors (Lipinski definition) is 2. The van der Waals surface area contributed by atoms with Crippen molar-refractivity contribution in [3.05, 3.63) is 69.9 Å². The van der Waals surface area contributed by atoms with Gasteiger partial charge < -0.3 is 24.8 Å². The molecular formula is C29H31F3N6O3. The number of aromatic amines is 1. The summed E-state index contributed by atoms with van der Waals surface area (Å²) >= 11 is 0.